The molecule has 0 saturated heterocycles. The highest BCUT2D eigenvalue weighted by Gasteiger charge is 2.11. The first-order valence-corrected chi connectivity index (χ1v) is 7.07. The van der Waals surface area contributed by atoms with E-state index in [1.807, 2.05) is 36.6 Å². The molecule has 0 radical (unpaired) electrons. The van der Waals surface area contributed by atoms with Crippen molar-refractivity contribution < 1.29 is 4.79 Å². The molecule has 0 heterocycles. The van der Waals surface area contributed by atoms with Crippen LogP contribution in [0.5, 0.6) is 0 Å². The predicted octanol–water partition coefficient (Wildman–Crippen LogP) is 2.32. The number of rotatable bonds is 6. The third-order valence-electron chi connectivity index (χ3n) is 2.15. The van der Waals surface area contributed by atoms with Crippen LogP contribution in [0.4, 0.5) is 0 Å². The summed E-state index contributed by atoms with van der Waals surface area (Å²) in [5.74, 6) is 0.978. The molecule has 4 heteroatoms. The normalized spacial score (nSPS) is 12.1. The van der Waals surface area contributed by atoms with E-state index in [2.05, 4.69) is 5.32 Å². The van der Waals surface area contributed by atoms with Crippen LogP contribution >= 0.6 is 23.4 Å². The van der Waals surface area contributed by atoms with Crippen LogP contribution in [-0.4, -0.2) is 29.8 Å². The van der Waals surface area contributed by atoms with Crippen LogP contribution in [0.15, 0.2) is 30.3 Å². The smallest absolute Gasteiger partial charge is 0.230 e. The molecule has 0 bridgehead atoms. The number of hydrogen-bond acceptors (Lipinski definition) is 2. The minimum Gasteiger partial charge on any atom is -0.351 e. The molecule has 1 aromatic carbocycles. The first-order chi connectivity index (χ1) is 7.76. The molecule has 0 spiro atoms. The summed E-state index contributed by atoms with van der Waals surface area (Å²) in [7, 11) is 0. The van der Waals surface area contributed by atoms with E-state index in [-0.39, 0.29) is 11.9 Å². The van der Waals surface area contributed by atoms with Gasteiger partial charge in [0.15, 0.2) is 0 Å². The number of nitrogens with one attached hydrogen (secondary N) is 1. The number of hydrogen-bond donors (Lipinski definition) is 1. The summed E-state index contributed by atoms with van der Waals surface area (Å²) in [4.78, 5) is 11.4. The van der Waals surface area contributed by atoms with Crippen molar-refractivity contribution in [3.05, 3.63) is 35.9 Å². The maximum Gasteiger partial charge on any atom is 0.230 e. The molecule has 16 heavy (non-hydrogen) atoms. The SMILES string of the molecule is CSCC(=O)NC(CCl)Cc1ccccc1. The van der Waals surface area contributed by atoms with Crippen molar-refractivity contribution in [1.29, 1.82) is 0 Å². The van der Waals surface area contributed by atoms with E-state index in [1.165, 1.54) is 17.3 Å². The van der Waals surface area contributed by atoms with Crippen molar-refractivity contribution in [2.45, 2.75) is 12.5 Å². The molecule has 88 valence electrons. The molecular formula is C12H16ClNOS. The van der Waals surface area contributed by atoms with Gasteiger partial charge in [0.2, 0.25) is 5.91 Å². The molecule has 1 atom stereocenters. The van der Waals surface area contributed by atoms with E-state index < -0.39 is 0 Å². The number of halogens is 1. The lowest BCUT2D eigenvalue weighted by molar-refractivity contribution is -0.119. The van der Waals surface area contributed by atoms with E-state index in [4.69, 9.17) is 11.6 Å². The Morgan fingerprint density at radius 2 is 2.12 bits per heavy atom. The van der Waals surface area contributed by atoms with Gasteiger partial charge in [0.1, 0.15) is 0 Å². The van der Waals surface area contributed by atoms with E-state index >= 15 is 0 Å². The molecule has 0 aliphatic heterocycles. The molecule has 1 unspecified atom stereocenters. The fourth-order valence-corrected chi connectivity index (χ4v) is 1.97. The highest BCUT2D eigenvalue weighted by atomic mass is 35.5. The van der Waals surface area contributed by atoms with Crippen LogP contribution in [0.1, 0.15) is 5.56 Å². The Morgan fingerprint density at radius 3 is 2.69 bits per heavy atom. The summed E-state index contributed by atoms with van der Waals surface area (Å²) in [6.45, 7) is 0. The lowest BCUT2D eigenvalue weighted by Gasteiger charge is -2.15. The van der Waals surface area contributed by atoms with Crippen molar-refractivity contribution in [2.24, 2.45) is 0 Å². The van der Waals surface area contributed by atoms with E-state index in [0.29, 0.717) is 11.6 Å². The van der Waals surface area contributed by atoms with E-state index in [0.717, 1.165) is 6.42 Å². The Labute approximate surface area is 106 Å². The molecule has 0 aliphatic rings. The van der Waals surface area contributed by atoms with Gasteiger partial charge in [-0.05, 0) is 18.2 Å². The molecule has 1 rings (SSSR count). The standard InChI is InChI=1S/C12H16ClNOS/c1-16-9-12(15)14-11(8-13)7-10-5-3-2-4-6-10/h2-6,11H,7-9H2,1H3,(H,14,15). The van der Waals surface area contributed by atoms with Gasteiger partial charge in [-0.1, -0.05) is 30.3 Å². The molecule has 0 saturated carbocycles. The summed E-state index contributed by atoms with van der Waals surface area (Å²) in [6.07, 6.45) is 2.69. The number of thioether (sulfide) groups is 1. The number of carbonyl (C=O) groups is 1. The van der Waals surface area contributed by atoms with Gasteiger partial charge in [-0.3, -0.25) is 4.79 Å². The lowest BCUT2D eigenvalue weighted by Crippen LogP contribution is -2.38. The van der Waals surface area contributed by atoms with Gasteiger partial charge in [-0.2, -0.15) is 11.8 Å². The Hall–Kier alpha value is -0.670. The maximum atomic E-state index is 11.4. The van der Waals surface area contributed by atoms with Crippen LogP contribution in [-0.2, 0) is 11.2 Å². The zero-order valence-corrected chi connectivity index (χ0v) is 10.9. The van der Waals surface area contributed by atoms with Crippen molar-refractivity contribution >= 4 is 29.3 Å². The fraction of sp³-hybridized carbons (Fsp3) is 0.417. The third-order valence-corrected chi connectivity index (χ3v) is 3.08. The summed E-state index contributed by atoms with van der Waals surface area (Å²) in [5, 5.41) is 2.92. The fourth-order valence-electron chi connectivity index (χ4n) is 1.44. The second-order valence-corrected chi connectivity index (χ2v) is 4.72. The van der Waals surface area contributed by atoms with Gasteiger partial charge >= 0.3 is 0 Å². The summed E-state index contributed by atoms with van der Waals surface area (Å²) in [5.41, 5.74) is 1.19. The molecule has 1 N–H and O–H groups in total. The average Bonchev–Trinajstić information content (AvgIpc) is 2.30. The Morgan fingerprint density at radius 1 is 1.44 bits per heavy atom. The number of carbonyl (C=O) groups excluding carboxylic acids is 1. The van der Waals surface area contributed by atoms with Crippen molar-refractivity contribution in [3.8, 4) is 0 Å². The largest absolute Gasteiger partial charge is 0.351 e. The van der Waals surface area contributed by atoms with Crippen LogP contribution in [0.2, 0.25) is 0 Å². The first-order valence-electron chi connectivity index (χ1n) is 5.14. The minimum atomic E-state index is 0.0173. The van der Waals surface area contributed by atoms with E-state index in [1.54, 1.807) is 0 Å². The topological polar surface area (TPSA) is 29.1 Å². The minimum absolute atomic E-state index is 0.0173. The Balaban J connectivity index is 2.46. The molecule has 2 nitrogen and oxygen atoms in total. The van der Waals surface area contributed by atoms with Gasteiger partial charge in [0, 0.05) is 11.9 Å². The van der Waals surface area contributed by atoms with Crippen LogP contribution < -0.4 is 5.32 Å². The van der Waals surface area contributed by atoms with Crippen molar-refractivity contribution in [3.63, 3.8) is 0 Å². The zero-order chi connectivity index (χ0) is 11.8. The molecule has 0 aromatic heterocycles. The van der Waals surface area contributed by atoms with Crippen molar-refractivity contribution in [1.82, 2.24) is 5.32 Å². The molecule has 0 aliphatic carbocycles. The summed E-state index contributed by atoms with van der Waals surface area (Å²) >= 11 is 7.35. The Bertz CT molecular complexity index is 318. The second kappa shape index (κ2) is 7.58. The second-order valence-electron chi connectivity index (χ2n) is 3.54. The monoisotopic (exact) mass is 257 g/mol. The highest BCUT2D eigenvalue weighted by Crippen LogP contribution is 2.04. The number of benzene rings is 1. The van der Waals surface area contributed by atoms with E-state index in [9.17, 15) is 4.79 Å². The highest BCUT2D eigenvalue weighted by molar-refractivity contribution is 7.99. The maximum absolute atomic E-state index is 11.4. The molecular weight excluding hydrogens is 242 g/mol. The Kier molecular flexibility index (Phi) is 6.34. The zero-order valence-electron chi connectivity index (χ0n) is 9.28. The van der Waals surface area contributed by atoms with Crippen LogP contribution in [0.3, 0.4) is 0 Å². The van der Waals surface area contributed by atoms with Crippen LogP contribution in [0.25, 0.3) is 0 Å². The summed E-state index contributed by atoms with van der Waals surface area (Å²) in [6, 6.07) is 10.1. The first kappa shape index (κ1) is 13.4. The predicted molar refractivity (Wildman–Crippen MR) is 71.2 cm³/mol. The number of amides is 1. The van der Waals surface area contributed by atoms with Gasteiger partial charge in [-0.25, -0.2) is 0 Å². The van der Waals surface area contributed by atoms with Crippen molar-refractivity contribution in [2.75, 3.05) is 17.9 Å². The lowest BCUT2D eigenvalue weighted by atomic mass is 10.1. The molecule has 0 fully saturated rings. The van der Waals surface area contributed by atoms with Crippen LogP contribution in [0, 0.1) is 0 Å². The third kappa shape index (κ3) is 4.90. The molecule has 1 amide bonds. The van der Waals surface area contributed by atoms with Gasteiger partial charge < -0.3 is 5.32 Å². The van der Waals surface area contributed by atoms with Gasteiger partial charge in [-0.15, -0.1) is 11.6 Å². The molecule has 1 aromatic rings. The average molecular weight is 258 g/mol. The quantitative estimate of drug-likeness (QED) is 0.793. The number of alkyl halides is 1. The van der Waals surface area contributed by atoms with Gasteiger partial charge in [0.25, 0.3) is 0 Å². The van der Waals surface area contributed by atoms with Gasteiger partial charge in [0.05, 0.1) is 5.75 Å². The summed E-state index contributed by atoms with van der Waals surface area (Å²) < 4.78 is 0.